The van der Waals surface area contributed by atoms with Gasteiger partial charge in [0.15, 0.2) is 0 Å². The monoisotopic (exact) mass is 600 g/mol. The molecule has 2 aromatic carbocycles. The fourth-order valence-electron chi connectivity index (χ4n) is 6.73. The van der Waals surface area contributed by atoms with Gasteiger partial charge in [0.25, 0.3) is 11.8 Å². The molecule has 2 aromatic rings. The van der Waals surface area contributed by atoms with Crippen LogP contribution >= 0.6 is 0 Å². The molecule has 0 aromatic heterocycles. The van der Waals surface area contributed by atoms with Gasteiger partial charge in [-0.25, -0.2) is 8.78 Å². The van der Waals surface area contributed by atoms with Gasteiger partial charge >= 0.3 is 6.18 Å². The first-order valence-electron chi connectivity index (χ1n) is 14.1. The number of fused-ring (bicyclic) bond motifs is 1. The summed E-state index contributed by atoms with van der Waals surface area (Å²) in [6.45, 7) is 1.24. The first kappa shape index (κ1) is 30.6. The second-order valence-electron chi connectivity index (χ2n) is 12.1. The van der Waals surface area contributed by atoms with Gasteiger partial charge in [0.05, 0.1) is 29.9 Å². The zero-order valence-electron chi connectivity index (χ0n) is 23.9. The van der Waals surface area contributed by atoms with Gasteiger partial charge in [0, 0.05) is 56.7 Å². The molecule has 0 unspecified atom stereocenters. The van der Waals surface area contributed by atoms with Gasteiger partial charge in [-0.3, -0.25) is 20.5 Å². The maximum atomic E-state index is 14.3. The zero-order chi connectivity index (χ0) is 31.3. The molecule has 1 atom stereocenters. The van der Waals surface area contributed by atoms with Crippen molar-refractivity contribution in [2.24, 2.45) is 11.8 Å². The SMILES string of the molecule is C[C@@H]1CN(Cc2cc3c(c(C(F)(F)F)c2)CN(c2cccc(C4(C(=N)N(C)C=N)CC(CC#N)C4)c2)C3=O)CCC1(F)F. The third kappa shape index (κ3) is 5.51. The van der Waals surface area contributed by atoms with Crippen molar-refractivity contribution in [2.45, 2.75) is 63.2 Å². The van der Waals surface area contributed by atoms with E-state index in [9.17, 15) is 26.7 Å². The predicted molar refractivity (Wildman–Crippen MR) is 151 cm³/mol. The normalized spacial score (nSPS) is 25.1. The average molecular weight is 601 g/mol. The van der Waals surface area contributed by atoms with Crippen LogP contribution in [0.1, 0.15) is 65.2 Å². The molecule has 2 N–H and O–H groups in total. The number of likely N-dealkylation sites (N-methyl/N-ethyl adjacent to an activating group) is 1. The van der Waals surface area contributed by atoms with Crippen LogP contribution in [0.25, 0.3) is 0 Å². The lowest BCUT2D eigenvalue weighted by molar-refractivity contribution is -0.138. The Morgan fingerprint density at radius 3 is 2.58 bits per heavy atom. The molecular weight excluding hydrogens is 567 g/mol. The molecular formula is C31H33F5N6O. The second-order valence-corrected chi connectivity index (χ2v) is 12.1. The Balaban J connectivity index is 1.46. The van der Waals surface area contributed by atoms with E-state index in [4.69, 9.17) is 16.1 Å². The summed E-state index contributed by atoms with van der Waals surface area (Å²) in [6.07, 6.45) is -2.75. The lowest BCUT2D eigenvalue weighted by Crippen LogP contribution is -2.52. The van der Waals surface area contributed by atoms with E-state index in [2.05, 4.69) is 6.07 Å². The molecule has 43 heavy (non-hydrogen) atoms. The largest absolute Gasteiger partial charge is 0.416 e. The Hall–Kier alpha value is -3.85. The van der Waals surface area contributed by atoms with Crippen LogP contribution in [-0.2, 0) is 24.7 Å². The molecule has 5 rings (SSSR count). The number of piperidine rings is 1. The number of hydrogen-bond acceptors (Lipinski definition) is 5. The minimum absolute atomic E-state index is 0.0224. The molecule has 0 spiro atoms. The Morgan fingerprint density at radius 2 is 1.95 bits per heavy atom. The number of rotatable bonds is 7. The molecule has 12 heteroatoms. The quantitative estimate of drug-likeness (QED) is 0.218. The van der Waals surface area contributed by atoms with Crippen LogP contribution < -0.4 is 4.90 Å². The summed E-state index contributed by atoms with van der Waals surface area (Å²) >= 11 is 0. The summed E-state index contributed by atoms with van der Waals surface area (Å²) in [7, 11) is 1.59. The Bertz CT molecular complexity index is 1490. The Labute approximate surface area is 246 Å². The fourth-order valence-corrected chi connectivity index (χ4v) is 6.73. The van der Waals surface area contributed by atoms with Crippen LogP contribution in [0, 0.1) is 34.0 Å². The number of amides is 1. The van der Waals surface area contributed by atoms with Crippen LogP contribution in [0.5, 0.6) is 0 Å². The minimum atomic E-state index is -4.72. The van der Waals surface area contributed by atoms with Gasteiger partial charge in [-0.05, 0) is 59.7 Å². The number of likely N-dealkylation sites (tertiary alicyclic amines) is 1. The van der Waals surface area contributed by atoms with E-state index < -0.39 is 34.9 Å². The molecule has 2 fully saturated rings. The fraction of sp³-hybridized carbons (Fsp3) is 0.484. The number of anilines is 1. The number of amidine groups is 1. The van der Waals surface area contributed by atoms with Crippen LogP contribution in [0.2, 0.25) is 0 Å². The van der Waals surface area contributed by atoms with Crippen LogP contribution in [0.15, 0.2) is 36.4 Å². The molecule has 228 valence electrons. The summed E-state index contributed by atoms with van der Waals surface area (Å²) in [4.78, 5) is 18.0. The van der Waals surface area contributed by atoms with E-state index in [1.165, 1.54) is 22.8 Å². The number of benzene rings is 2. The highest BCUT2D eigenvalue weighted by Crippen LogP contribution is 2.51. The molecule has 3 aliphatic rings. The molecule has 1 saturated carbocycles. The number of carbonyl (C=O) groups excluding carboxylic acids is 1. The van der Waals surface area contributed by atoms with Gasteiger partial charge in [0.1, 0.15) is 5.84 Å². The van der Waals surface area contributed by atoms with Gasteiger partial charge in [-0.1, -0.05) is 19.1 Å². The minimum Gasteiger partial charge on any atom is -0.324 e. The summed E-state index contributed by atoms with van der Waals surface area (Å²) in [5, 5.41) is 25.6. The van der Waals surface area contributed by atoms with Gasteiger partial charge in [-0.15, -0.1) is 0 Å². The summed E-state index contributed by atoms with van der Waals surface area (Å²) < 4.78 is 70.8. The topological polar surface area (TPSA) is 98.3 Å². The van der Waals surface area contributed by atoms with Crippen molar-refractivity contribution in [1.29, 1.82) is 16.1 Å². The highest BCUT2D eigenvalue weighted by atomic mass is 19.4. The molecule has 2 aliphatic heterocycles. The number of nitrogens with zero attached hydrogens (tertiary/aromatic N) is 4. The molecule has 1 aliphatic carbocycles. The highest BCUT2D eigenvalue weighted by Gasteiger charge is 2.50. The zero-order valence-corrected chi connectivity index (χ0v) is 23.9. The molecule has 1 amide bonds. The standard InChI is InChI=1S/C31H33F5N6O/c1-19-15-41(9-7-30(19,32)33)16-21-10-24-25(26(11-21)31(34,35)36)17-42(27(24)43)23-5-3-4-22(12-23)29(28(39)40(2)18-38)13-20(14-29)6-8-37/h3-5,10-12,18-20,38-39H,6-7,9,13-17H2,1-2H3/t19-,20?,29?/m1/s1. The van der Waals surface area contributed by atoms with Crippen molar-refractivity contribution in [1.82, 2.24) is 9.80 Å². The van der Waals surface area contributed by atoms with Crippen molar-refractivity contribution in [3.63, 3.8) is 0 Å². The smallest absolute Gasteiger partial charge is 0.324 e. The van der Waals surface area contributed by atoms with Gasteiger partial charge in [0.2, 0.25) is 0 Å². The van der Waals surface area contributed by atoms with Crippen molar-refractivity contribution in [3.05, 3.63) is 64.2 Å². The highest BCUT2D eigenvalue weighted by molar-refractivity contribution is 6.10. The maximum Gasteiger partial charge on any atom is 0.416 e. The van der Waals surface area contributed by atoms with E-state index in [0.29, 0.717) is 30.5 Å². The average Bonchev–Trinajstić information content (AvgIpc) is 3.27. The molecule has 0 bridgehead atoms. The third-order valence-corrected chi connectivity index (χ3v) is 9.19. The maximum absolute atomic E-state index is 14.3. The Kier molecular flexibility index (Phi) is 7.84. The number of carbonyl (C=O) groups is 1. The lowest BCUT2D eigenvalue weighted by Gasteiger charge is -2.49. The van der Waals surface area contributed by atoms with Crippen LogP contribution in [0.4, 0.5) is 27.6 Å². The van der Waals surface area contributed by atoms with E-state index in [-0.39, 0.29) is 61.0 Å². The third-order valence-electron chi connectivity index (χ3n) is 9.19. The lowest BCUT2D eigenvalue weighted by atomic mass is 9.57. The number of alkyl halides is 5. The van der Waals surface area contributed by atoms with E-state index in [1.807, 2.05) is 0 Å². The van der Waals surface area contributed by atoms with Gasteiger partial charge in [-0.2, -0.15) is 18.4 Å². The molecule has 0 radical (unpaired) electrons. The second kappa shape index (κ2) is 11.0. The van der Waals surface area contributed by atoms with Crippen molar-refractivity contribution >= 4 is 23.8 Å². The number of halogens is 5. The summed E-state index contributed by atoms with van der Waals surface area (Å²) in [5.41, 5.74) is -0.586. The first-order valence-corrected chi connectivity index (χ1v) is 14.1. The van der Waals surface area contributed by atoms with Crippen molar-refractivity contribution < 1.29 is 26.7 Å². The van der Waals surface area contributed by atoms with Crippen LogP contribution in [0.3, 0.4) is 0 Å². The predicted octanol–water partition coefficient (Wildman–Crippen LogP) is 6.42. The van der Waals surface area contributed by atoms with Crippen LogP contribution in [-0.4, -0.2) is 53.9 Å². The van der Waals surface area contributed by atoms with Crippen molar-refractivity contribution in [3.8, 4) is 6.07 Å². The number of hydrogen-bond donors (Lipinski definition) is 2. The molecule has 7 nitrogen and oxygen atoms in total. The van der Waals surface area contributed by atoms with E-state index in [0.717, 1.165) is 12.4 Å². The van der Waals surface area contributed by atoms with Crippen molar-refractivity contribution in [2.75, 3.05) is 25.0 Å². The molecule has 1 saturated heterocycles. The molecule has 2 heterocycles. The summed E-state index contributed by atoms with van der Waals surface area (Å²) in [5.74, 6) is -4.11. The summed E-state index contributed by atoms with van der Waals surface area (Å²) in [6, 6.07) is 11.5. The van der Waals surface area contributed by atoms with E-state index in [1.54, 1.807) is 36.2 Å². The number of nitriles is 1. The van der Waals surface area contributed by atoms with Gasteiger partial charge < -0.3 is 9.80 Å². The Morgan fingerprint density at radius 1 is 1.23 bits per heavy atom. The first-order chi connectivity index (χ1) is 20.2. The van der Waals surface area contributed by atoms with E-state index >= 15 is 0 Å². The number of nitrogens with one attached hydrogen (secondary N) is 2.